The number of benzene rings is 1. The van der Waals surface area contributed by atoms with Crippen LogP contribution in [0.15, 0.2) is 34.9 Å². The number of allylic oxidation sites excluding steroid dienone is 1. The van der Waals surface area contributed by atoms with Crippen LogP contribution in [0, 0.1) is 0 Å². The Hall–Kier alpha value is -1.04. The van der Waals surface area contributed by atoms with Gasteiger partial charge in [-0.05, 0) is 37.5 Å². The molecule has 1 spiro atoms. The molecule has 0 aromatic heterocycles. The van der Waals surface area contributed by atoms with Crippen molar-refractivity contribution in [2.24, 2.45) is 5.73 Å². The molecule has 1 fully saturated rings. The summed E-state index contributed by atoms with van der Waals surface area (Å²) in [5, 5.41) is 0.647. The van der Waals surface area contributed by atoms with Gasteiger partial charge in [-0.2, -0.15) is 4.31 Å². The van der Waals surface area contributed by atoms with Crippen molar-refractivity contribution in [3.8, 4) is 0 Å². The molecule has 1 aliphatic carbocycles. The van der Waals surface area contributed by atoms with Gasteiger partial charge in [0.15, 0.2) is 0 Å². The maximum absolute atomic E-state index is 12.8. The largest absolute Gasteiger partial charge is 0.400 e. The summed E-state index contributed by atoms with van der Waals surface area (Å²) in [4.78, 5) is 0.323. The van der Waals surface area contributed by atoms with Gasteiger partial charge in [-0.1, -0.05) is 43.0 Å². The van der Waals surface area contributed by atoms with Gasteiger partial charge in [0.25, 0.3) is 0 Å². The van der Waals surface area contributed by atoms with Crippen molar-refractivity contribution in [1.29, 1.82) is 0 Å². The Balaban J connectivity index is 2.01. The van der Waals surface area contributed by atoms with E-state index in [-0.39, 0.29) is 0 Å². The molecule has 1 heterocycles. The second-order valence-electron chi connectivity index (χ2n) is 6.20. The molecule has 2 N–H and O–H groups in total. The van der Waals surface area contributed by atoms with Crippen LogP contribution in [0.4, 0.5) is 0 Å². The van der Waals surface area contributed by atoms with E-state index >= 15 is 0 Å². The van der Waals surface area contributed by atoms with E-state index in [1.807, 2.05) is 12.1 Å². The highest BCUT2D eigenvalue weighted by Crippen LogP contribution is 2.47. The lowest BCUT2D eigenvalue weighted by Crippen LogP contribution is -2.50. The third-order valence-corrected chi connectivity index (χ3v) is 7.26. The number of nitrogens with zero attached hydrogens (tertiary/aromatic N) is 1. The summed E-state index contributed by atoms with van der Waals surface area (Å²) >= 11 is 5.91. The highest BCUT2D eigenvalue weighted by Gasteiger charge is 2.53. The molecule has 2 aliphatic rings. The minimum Gasteiger partial charge on any atom is -0.400 e. The fourth-order valence-electron chi connectivity index (χ4n) is 3.64. The van der Waals surface area contributed by atoms with Gasteiger partial charge in [0, 0.05) is 17.3 Å². The number of sulfonamides is 1. The molecule has 120 valence electrons. The van der Waals surface area contributed by atoms with Gasteiger partial charge in [-0.3, -0.25) is 0 Å². The van der Waals surface area contributed by atoms with E-state index in [2.05, 4.69) is 0 Å². The summed E-state index contributed by atoms with van der Waals surface area (Å²) in [5.41, 5.74) is 7.22. The first-order valence-electron chi connectivity index (χ1n) is 7.62. The molecule has 0 unspecified atom stereocenters. The van der Waals surface area contributed by atoms with Gasteiger partial charge >= 0.3 is 0 Å². The summed E-state index contributed by atoms with van der Waals surface area (Å²) in [5.74, 6) is 0. The van der Waals surface area contributed by atoms with Crippen LogP contribution in [0.25, 0.3) is 0 Å². The van der Waals surface area contributed by atoms with Crippen LogP contribution in [-0.4, -0.2) is 18.3 Å². The van der Waals surface area contributed by atoms with Crippen molar-refractivity contribution < 1.29 is 8.42 Å². The summed E-state index contributed by atoms with van der Waals surface area (Å²) in [6.07, 6.45) is 4.79. The second kappa shape index (κ2) is 5.55. The first-order chi connectivity index (χ1) is 10.4. The van der Waals surface area contributed by atoms with E-state index in [9.17, 15) is 8.42 Å². The zero-order valence-electron chi connectivity index (χ0n) is 12.7. The van der Waals surface area contributed by atoms with E-state index in [1.165, 1.54) is 0 Å². The van der Waals surface area contributed by atoms with E-state index < -0.39 is 15.6 Å². The lowest BCUT2D eigenvalue weighted by atomic mass is 9.79. The van der Waals surface area contributed by atoms with Gasteiger partial charge in [0.05, 0.1) is 10.4 Å². The molecule has 0 saturated heterocycles. The minimum absolute atomic E-state index is 0.323. The molecule has 1 aromatic carbocycles. The van der Waals surface area contributed by atoms with Crippen LogP contribution in [0.2, 0.25) is 5.02 Å². The van der Waals surface area contributed by atoms with E-state index in [4.69, 9.17) is 17.3 Å². The molecule has 1 saturated carbocycles. The molecule has 6 heteroatoms. The maximum atomic E-state index is 12.8. The SMILES string of the molecule is CC1=C(N)C2(CCCCC2)N(Cc2ccc(Cl)cc2)S1(=O)=O. The Labute approximate surface area is 137 Å². The van der Waals surface area contributed by atoms with Gasteiger partial charge in [-0.25, -0.2) is 8.42 Å². The van der Waals surface area contributed by atoms with Gasteiger partial charge in [-0.15, -0.1) is 0 Å². The van der Waals surface area contributed by atoms with E-state index in [0.29, 0.717) is 22.2 Å². The second-order valence-corrected chi connectivity index (χ2v) is 8.64. The molecular formula is C16H21ClN2O2S. The average Bonchev–Trinajstić information content (AvgIpc) is 2.64. The third kappa shape index (κ3) is 2.36. The average molecular weight is 341 g/mol. The number of hydrogen-bond acceptors (Lipinski definition) is 3. The van der Waals surface area contributed by atoms with Crippen molar-refractivity contribution in [2.75, 3.05) is 0 Å². The van der Waals surface area contributed by atoms with Crippen molar-refractivity contribution in [2.45, 2.75) is 51.1 Å². The first kappa shape index (κ1) is 15.8. The van der Waals surface area contributed by atoms with Crippen LogP contribution in [-0.2, 0) is 16.6 Å². The lowest BCUT2D eigenvalue weighted by Gasteiger charge is -2.41. The standard InChI is InChI=1S/C16H21ClN2O2S/c1-12-15(18)16(9-3-2-4-10-16)19(22(12,20)21)11-13-5-7-14(17)8-6-13/h5-8H,2-4,9-11,18H2,1H3. The number of halogens is 1. The number of rotatable bonds is 2. The third-order valence-electron chi connectivity index (χ3n) is 4.96. The topological polar surface area (TPSA) is 63.4 Å². The summed E-state index contributed by atoms with van der Waals surface area (Å²) in [7, 11) is -3.48. The monoisotopic (exact) mass is 340 g/mol. The zero-order valence-corrected chi connectivity index (χ0v) is 14.3. The minimum atomic E-state index is -3.48. The quantitative estimate of drug-likeness (QED) is 0.897. The highest BCUT2D eigenvalue weighted by molar-refractivity contribution is 7.93. The van der Waals surface area contributed by atoms with Crippen molar-refractivity contribution in [3.05, 3.63) is 45.5 Å². The number of nitrogens with two attached hydrogens (primary N) is 1. The molecular weight excluding hydrogens is 320 g/mol. The molecule has 4 nitrogen and oxygen atoms in total. The molecule has 22 heavy (non-hydrogen) atoms. The van der Waals surface area contributed by atoms with Crippen LogP contribution >= 0.6 is 11.6 Å². The molecule has 3 rings (SSSR count). The van der Waals surface area contributed by atoms with Crippen molar-refractivity contribution in [1.82, 2.24) is 4.31 Å². The summed E-state index contributed by atoms with van der Waals surface area (Å²) in [6.45, 7) is 1.97. The molecule has 1 aliphatic heterocycles. The van der Waals surface area contributed by atoms with Gasteiger partial charge in [0.1, 0.15) is 0 Å². The van der Waals surface area contributed by atoms with Crippen molar-refractivity contribution in [3.63, 3.8) is 0 Å². The Morgan fingerprint density at radius 2 is 1.77 bits per heavy atom. The number of hydrogen-bond donors (Lipinski definition) is 1. The Morgan fingerprint density at radius 3 is 2.36 bits per heavy atom. The molecule has 0 radical (unpaired) electrons. The summed E-state index contributed by atoms with van der Waals surface area (Å²) in [6, 6.07) is 7.32. The smallest absolute Gasteiger partial charge is 0.241 e. The molecule has 0 amide bonds. The summed E-state index contributed by atoms with van der Waals surface area (Å²) < 4.78 is 27.2. The predicted octanol–water partition coefficient (Wildman–Crippen LogP) is 3.38. The fraction of sp³-hybridized carbons (Fsp3) is 0.500. The van der Waals surface area contributed by atoms with Crippen LogP contribution in [0.1, 0.15) is 44.6 Å². The molecule has 0 bridgehead atoms. The van der Waals surface area contributed by atoms with Crippen molar-refractivity contribution >= 4 is 21.6 Å². The fourth-order valence-corrected chi connectivity index (χ4v) is 5.63. The van der Waals surface area contributed by atoms with Crippen LogP contribution < -0.4 is 5.73 Å². The lowest BCUT2D eigenvalue weighted by molar-refractivity contribution is 0.167. The normalized spacial score (nSPS) is 24.1. The zero-order chi connectivity index (χ0) is 16.0. The van der Waals surface area contributed by atoms with Gasteiger partial charge < -0.3 is 5.73 Å². The Kier molecular flexibility index (Phi) is 4.00. The predicted molar refractivity (Wildman–Crippen MR) is 88.6 cm³/mol. The highest BCUT2D eigenvalue weighted by atomic mass is 35.5. The van der Waals surface area contributed by atoms with Crippen LogP contribution in [0.5, 0.6) is 0 Å². The van der Waals surface area contributed by atoms with E-state index in [1.54, 1.807) is 23.4 Å². The maximum Gasteiger partial charge on any atom is 0.241 e. The molecule has 1 aromatic rings. The van der Waals surface area contributed by atoms with E-state index in [0.717, 1.165) is 37.7 Å². The Bertz CT molecular complexity index is 704. The van der Waals surface area contributed by atoms with Gasteiger partial charge in [0.2, 0.25) is 10.0 Å². The van der Waals surface area contributed by atoms with Crippen LogP contribution in [0.3, 0.4) is 0 Å². The Morgan fingerprint density at radius 1 is 1.18 bits per heavy atom. The molecule has 0 atom stereocenters. The first-order valence-corrected chi connectivity index (χ1v) is 9.44.